The zero-order valence-electron chi connectivity index (χ0n) is 32.1. The molecule has 1 N–H and O–H groups in total. The Kier molecular flexibility index (Phi) is 10.3. The molecule has 0 aliphatic carbocycles. The van der Waals surface area contributed by atoms with Gasteiger partial charge in [0.15, 0.2) is 5.54 Å². The summed E-state index contributed by atoms with van der Waals surface area (Å²) in [4.78, 5) is 13.0. The van der Waals surface area contributed by atoms with Crippen LogP contribution in [0.15, 0.2) is 133 Å². The van der Waals surface area contributed by atoms with Crippen molar-refractivity contribution in [3.63, 3.8) is 0 Å². The van der Waals surface area contributed by atoms with Crippen LogP contribution in [0.1, 0.15) is 48.6 Å². The lowest BCUT2D eigenvalue weighted by molar-refractivity contribution is -0.214. The molecule has 1 atom stereocenters. The van der Waals surface area contributed by atoms with Crippen LogP contribution in [0.4, 0.5) is 26.3 Å². The van der Waals surface area contributed by atoms with E-state index in [2.05, 4.69) is 15.3 Å². The van der Waals surface area contributed by atoms with E-state index in [1.807, 2.05) is 54.6 Å². The number of rotatable bonds is 9. The highest BCUT2D eigenvalue weighted by Crippen LogP contribution is 2.51. The van der Waals surface area contributed by atoms with Gasteiger partial charge in [0, 0.05) is 23.5 Å². The predicted molar refractivity (Wildman–Crippen MR) is 207 cm³/mol. The van der Waals surface area contributed by atoms with Crippen molar-refractivity contribution in [1.29, 1.82) is 0 Å². The molecule has 1 unspecified atom stereocenters. The second-order valence-electron chi connectivity index (χ2n) is 14.5. The molecule has 0 amide bonds. The first kappa shape index (κ1) is 40.1. The minimum atomic E-state index is -4.57. The summed E-state index contributed by atoms with van der Waals surface area (Å²) in [5.41, 5.74) is -4.75. The number of ether oxygens (including phenoxy) is 3. The van der Waals surface area contributed by atoms with Crippen LogP contribution in [-0.4, -0.2) is 52.7 Å². The Hall–Kier alpha value is -6.15. The van der Waals surface area contributed by atoms with Crippen LogP contribution in [0.25, 0.3) is 17.1 Å². The zero-order valence-corrected chi connectivity index (χ0v) is 32.1. The number of nitrogens with zero attached hydrogens (tertiary/aromatic N) is 4. The third-order valence-electron chi connectivity index (χ3n) is 10.6. The van der Waals surface area contributed by atoms with Crippen LogP contribution < -0.4 is 14.8 Å². The third-order valence-corrected chi connectivity index (χ3v) is 10.6. The maximum absolute atomic E-state index is 17.2. The minimum Gasteiger partial charge on any atom is -0.497 e. The molecular weight excluding hydrogens is 761 g/mol. The molecule has 1 aliphatic heterocycles. The van der Waals surface area contributed by atoms with E-state index in [1.54, 1.807) is 38.5 Å². The highest BCUT2D eigenvalue weighted by molar-refractivity contribution is 5.87. The lowest BCUT2D eigenvalue weighted by Gasteiger charge is -2.42. The predicted octanol–water partition coefficient (Wildman–Crippen LogP) is 9.75. The highest BCUT2D eigenvalue weighted by Gasteiger charge is 2.64. The largest absolute Gasteiger partial charge is 0.497 e. The molecule has 14 heteroatoms. The van der Waals surface area contributed by atoms with E-state index in [0.717, 1.165) is 17.7 Å². The number of pyridine rings is 1. The number of aliphatic imine (C=N–C) groups is 1. The standard InChI is InChI=1S/C44H39F6N5O3/c1-40(2)44(49,50)41(3,35-23-28(11-21-36(35)45)37-25-55(27-52-37)39-22-16-32(24-51-39)43(46,47)48)53-38(26-58-40)54-42(29-9-7-6-8-10-29,30-12-17-33(56-4)18-13-30)31-14-19-34(57-5)20-15-31/h6-25,27H,26H2,1-5H3,(H,53,54). The van der Waals surface area contributed by atoms with Gasteiger partial charge < -0.3 is 19.5 Å². The van der Waals surface area contributed by atoms with Gasteiger partial charge in [0.2, 0.25) is 0 Å². The first-order chi connectivity index (χ1) is 27.5. The van der Waals surface area contributed by atoms with Crippen LogP contribution in [0.3, 0.4) is 0 Å². The molecule has 3 heterocycles. The Labute approximate surface area is 331 Å². The van der Waals surface area contributed by atoms with Gasteiger partial charge in [-0.25, -0.2) is 23.1 Å². The van der Waals surface area contributed by atoms with Gasteiger partial charge >= 0.3 is 12.1 Å². The first-order valence-electron chi connectivity index (χ1n) is 18.1. The molecule has 4 aromatic carbocycles. The van der Waals surface area contributed by atoms with Crippen LogP contribution in [-0.2, 0) is 22.0 Å². The van der Waals surface area contributed by atoms with E-state index in [4.69, 9.17) is 19.2 Å². The average molecular weight is 800 g/mol. The van der Waals surface area contributed by atoms with E-state index in [9.17, 15) is 13.2 Å². The summed E-state index contributed by atoms with van der Waals surface area (Å²) in [6.45, 7) is 3.25. The molecule has 1 aliphatic rings. The third kappa shape index (κ3) is 7.06. The summed E-state index contributed by atoms with van der Waals surface area (Å²) < 4.78 is 108. The average Bonchev–Trinajstić information content (AvgIpc) is 3.70. The number of imidazole rings is 1. The molecule has 7 rings (SSSR count). The molecule has 0 fully saturated rings. The normalized spacial score (nSPS) is 17.9. The summed E-state index contributed by atoms with van der Waals surface area (Å²) in [6.07, 6.45) is -1.10. The Morgan fingerprint density at radius 1 is 0.741 bits per heavy atom. The number of halogens is 6. The van der Waals surface area contributed by atoms with E-state index in [1.165, 1.54) is 56.1 Å². The number of alkyl halides is 5. The fourth-order valence-electron chi connectivity index (χ4n) is 7.26. The second kappa shape index (κ2) is 15.0. The van der Waals surface area contributed by atoms with Crippen molar-refractivity contribution in [3.8, 4) is 28.6 Å². The van der Waals surface area contributed by atoms with E-state index < -0.39 is 52.3 Å². The molecule has 0 saturated carbocycles. The first-order valence-corrected chi connectivity index (χ1v) is 18.1. The molecule has 0 saturated heterocycles. The Morgan fingerprint density at radius 2 is 1.33 bits per heavy atom. The van der Waals surface area contributed by atoms with Crippen molar-refractivity contribution in [1.82, 2.24) is 19.9 Å². The van der Waals surface area contributed by atoms with Crippen LogP contribution in [0.2, 0.25) is 0 Å². The van der Waals surface area contributed by atoms with Crippen LogP contribution >= 0.6 is 0 Å². The van der Waals surface area contributed by atoms with Gasteiger partial charge in [0.05, 0.1) is 25.5 Å². The van der Waals surface area contributed by atoms with E-state index in [0.29, 0.717) is 28.8 Å². The number of aromatic nitrogens is 3. The van der Waals surface area contributed by atoms with Gasteiger partial charge in [-0.15, -0.1) is 0 Å². The number of benzene rings is 4. The topological polar surface area (TPSA) is 82.8 Å². The fraction of sp³-hybridized carbons (Fsp3) is 0.250. The number of amidine groups is 1. The van der Waals surface area contributed by atoms with Gasteiger partial charge in [0.1, 0.15) is 53.0 Å². The van der Waals surface area contributed by atoms with Gasteiger partial charge in [-0.3, -0.25) is 9.56 Å². The van der Waals surface area contributed by atoms with Gasteiger partial charge in [-0.1, -0.05) is 54.6 Å². The number of hydrogen-bond acceptors (Lipinski definition) is 7. The summed E-state index contributed by atoms with van der Waals surface area (Å²) in [6, 6.07) is 29.8. The molecule has 8 nitrogen and oxygen atoms in total. The Balaban J connectivity index is 1.38. The summed E-state index contributed by atoms with van der Waals surface area (Å²) in [7, 11) is 3.11. The van der Waals surface area contributed by atoms with Crippen molar-refractivity contribution in [2.24, 2.45) is 4.99 Å². The zero-order chi connectivity index (χ0) is 41.5. The molecular formula is C44H39F6N5O3. The Morgan fingerprint density at radius 3 is 1.88 bits per heavy atom. The Bertz CT molecular complexity index is 2370. The monoisotopic (exact) mass is 799 g/mol. The van der Waals surface area contributed by atoms with E-state index in [-0.39, 0.29) is 22.9 Å². The molecule has 58 heavy (non-hydrogen) atoms. The smallest absolute Gasteiger partial charge is 0.417 e. The number of methoxy groups -OCH3 is 2. The SMILES string of the molecule is COc1ccc(C(NC2=NC(C)(c3cc(-c4cn(-c5ccc(C(F)(F)F)cn5)cn4)ccc3F)C(F)(F)C(C)(C)OC2)(c2ccccc2)c2ccc(OC)cc2)cc1. The maximum Gasteiger partial charge on any atom is 0.417 e. The number of nitrogens with one attached hydrogen (secondary N) is 1. The van der Waals surface area contributed by atoms with Crippen molar-refractivity contribution in [2.45, 2.75) is 49.5 Å². The summed E-state index contributed by atoms with van der Waals surface area (Å²) in [5.74, 6) is -3.44. The van der Waals surface area contributed by atoms with Gasteiger partial charge in [0.25, 0.3) is 0 Å². The quantitative estimate of drug-likeness (QED) is 0.116. The van der Waals surface area contributed by atoms with Crippen LogP contribution in [0.5, 0.6) is 11.5 Å². The lowest BCUT2D eigenvalue weighted by Crippen LogP contribution is -2.56. The molecule has 0 spiro atoms. The van der Waals surface area contributed by atoms with Gasteiger partial charge in [-0.2, -0.15) is 13.2 Å². The summed E-state index contributed by atoms with van der Waals surface area (Å²) in [5, 5.41) is 3.53. The molecule has 6 aromatic rings. The van der Waals surface area contributed by atoms with Crippen molar-refractivity contribution >= 4 is 5.84 Å². The molecule has 2 aromatic heterocycles. The van der Waals surface area contributed by atoms with Crippen molar-refractivity contribution in [3.05, 3.63) is 162 Å². The molecule has 0 radical (unpaired) electrons. The fourth-order valence-corrected chi connectivity index (χ4v) is 7.26. The molecule has 0 bridgehead atoms. The lowest BCUT2D eigenvalue weighted by atomic mass is 9.76. The molecule has 300 valence electrons. The van der Waals surface area contributed by atoms with Crippen molar-refractivity contribution < 1.29 is 40.6 Å². The minimum absolute atomic E-state index is 0.00528. The van der Waals surface area contributed by atoms with Gasteiger partial charge in [-0.05, 0) is 92.1 Å². The summed E-state index contributed by atoms with van der Waals surface area (Å²) >= 11 is 0. The van der Waals surface area contributed by atoms with Crippen LogP contribution in [0, 0.1) is 5.82 Å². The second-order valence-corrected chi connectivity index (χ2v) is 14.5. The highest BCUT2D eigenvalue weighted by atomic mass is 19.4. The van der Waals surface area contributed by atoms with Crippen molar-refractivity contribution in [2.75, 3.05) is 20.8 Å². The number of hydrogen-bond donors (Lipinski definition) is 1. The van der Waals surface area contributed by atoms with E-state index >= 15 is 13.2 Å². The maximum atomic E-state index is 17.2.